The van der Waals surface area contributed by atoms with Crippen LogP contribution in [0.5, 0.6) is 0 Å². The number of nitrogens with one attached hydrogen (secondary N) is 1. The van der Waals surface area contributed by atoms with Crippen LogP contribution < -0.4 is 5.32 Å². The molecular formula is C28H27N. The standard InChI is InChI=1S/C28H27N/c1-21(23-9-5-3-6-10-23)25-13-17-27(18-14-25)29-28-19-15-26(16-20-28)22(2)24-11-7-4-8-12-24/h3-22,29H,1-2H3/t21-,22-/m0/s1. The van der Waals surface area contributed by atoms with Crippen LogP contribution >= 0.6 is 0 Å². The van der Waals surface area contributed by atoms with Crippen LogP contribution in [-0.4, -0.2) is 0 Å². The average Bonchev–Trinajstić information content (AvgIpc) is 2.80. The van der Waals surface area contributed by atoms with Crippen LogP contribution in [0, 0.1) is 0 Å². The van der Waals surface area contributed by atoms with Gasteiger partial charge in [0.25, 0.3) is 0 Å². The molecule has 1 heteroatoms. The quantitative estimate of drug-likeness (QED) is 0.362. The molecule has 2 atom stereocenters. The molecule has 0 aliphatic carbocycles. The molecule has 0 fully saturated rings. The number of hydrogen-bond donors (Lipinski definition) is 1. The van der Waals surface area contributed by atoms with E-state index in [9.17, 15) is 0 Å². The van der Waals surface area contributed by atoms with Crippen molar-refractivity contribution in [3.8, 4) is 0 Å². The predicted molar refractivity (Wildman–Crippen MR) is 124 cm³/mol. The molecule has 0 radical (unpaired) electrons. The molecule has 29 heavy (non-hydrogen) atoms. The minimum atomic E-state index is 0.393. The van der Waals surface area contributed by atoms with Crippen molar-refractivity contribution in [2.24, 2.45) is 0 Å². The SMILES string of the molecule is C[C@@H](c1ccccc1)c1ccc(Nc2ccc([C@@H](C)c3ccccc3)cc2)cc1. The molecule has 0 spiro atoms. The lowest BCUT2D eigenvalue weighted by molar-refractivity contribution is 0.922. The van der Waals surface area contributed by atoms with E-state index < -0.39 is 0 Å². The van der Waals surface area contributed by atoms with Gasteiger partial charge in [0, 0.05) is 23.2 Å². The normalized spacial score (nSPS) is 12.9. The highest BCUT2D eigenvalue weighted by Gasteiger charge is 2.09. The molecule has 1 N–H and O–H groups in total. The summed E-state index contributed by atoms with van der Waals surface area (Å²) in [4.78, 5) is 0. The number of hydrogen-bond acceptors (Lipinski definition) is 1. The fraction of sp³-hybridized carbons (Fsp3) is 0.143. The molecule has 0 amide bonds. The van der Waals surface area contributed by atoms with Gasteiger partial charge in [0.1, 0.15) is 0 Å². The molecular weight excluding hydrogens is 350 g/mol. The van der Waals surface area contributed by atoms with Crippen LogP contribution in [0.2, 0.25) is 0 Å². The van der Waals surface area contributed by atoms with Gasteiger partial charge in [-0.05, 0) is 46.5 Å². The van der Waals surface area contributed by atoms with Crippen LogP contribution in [0.3, 0.4) is 0 Å². The second kappa shape index (κ2) is 8.79. The van der Waals surface area contributed by atoms with E-state index in [-0.39, 0.29) is 0 Å². The van der Waals surface area contributed by atoms with E-state index in [1.807, 2.05) is 0 Å². The molecule has 0 heterocycles. The lowest BCUT2D eigenvalue weighted by Crippen LogP contribution is -1.98. The summed E-state index contributed by atoms with van der Waals surface area (Å²) in [6, 6.07) is 38.8. The Labute approximate surface area is 174 Å². The van der Waals surface area contributed by atoms with E-state index in [1.54, 1.807) is 0 Å². The molecule has 4 aromatic rings. The molecule has 0 aromatic heterocycles. The first-order chi connectivity index (χ1) is 14.2. The Kier molecular flexibility index (Phi) is 5.76. The van der Waals surface area contributed by atoms with Crippen LogP contribution in [0.4, 0.5) is 11.4 Å². The molecule has 1 nitrogen and oxygen atoms in total. The van der Waals surface area contributed by atoms with Crippen molar-refractivity contribution in [1.29, 1.82) is 0 Å². The van der Waals surface area contributed by atoms with Crippen LogP contribution in [0.15, 0.2) is 109 Å². The van der Waals surface area contributed by atoms with Crippen molar-refractivity contribution in [2.45, 2.75) is 25.7 Å². The number of rotatable bonds is 6. The molecule has 0 aliphatic rings. The average molecular weight is 378 g/mol. The van der Waals surface area contributed by atoms with Crippen molar-refractivity contribution < 1.29 is 0 Å². The van der Waals surface area contributed by atoms with E-state index in [1.165, 1.54) is 22.3 Å². The van der Waals surface area contributed by atoms with Crippen LogP contribution in [0.1, 0.15) is 47.9 Å². The Morgan fingerprint density at radius 3 is 1.07 bits per heavy atom. The van der Waals surface area contributed by atoms with E-state index >= 15 is 0 Å². The Morgan fingerprint density at radius 2 is 0.724 bits per heavy atom. The van der Waals surface area contributed by atoms with Crippen molar-refractivity contribution in [3.63, 3.8) is 0 Å². The summed E-state index contributed by atoms with van der Waals surface area (Å²) in [6.07, 6.45) is 0. The molecule has 144 valence electrons. The van der Waals surface area contributed by atoms with Crippen molar-refractivity contribution in [1.82, 2.24) is 0 Å². The third-order valence-corrected chi connectivity index (χ3v) is 5.71. The molecule has 0 saturated carbocycles. The van der Waals surface area contributed by atoms with E-state index in [0.717, 1.165) is 11.4 Å². The molecule has 0 unspecified atom stereocenters. The second-order valence-corrected chi connectivity index (χ2v) is 7.63. The van der Waals surface area contributed by atoms with Gasteiger partial charge < -0.3 is 5.32 Å². The molecule has 4 aromatic carbocycles. The Bertz CT molecular complexity index is 932. The molecule has 4 rings (SSSR count). The lowest BCUT2D eigenvalue weighted by Gasteiger charge is -2.15. The van der Waals surface area contributed by atoms with Crippen LogP contribution in [-0.2, 0) is 0 Å². The molecule has 0 aliphatic heterocycles. The summed E-state index contributed by atoms with van der Waals surface area (Å²) in [5.41, 5.74) is 7.56. The first kappa shape index (κ1) is 19.0. The van der Waals surface area contributed by atoms with Crippen molar-refractivity contribution >= 4 is 11.4 Å². The van der Waals surface area contributed by atoms with Crippen molar-refractivity contribution in [2.75, 3.05) is 5.32 Å². The fourth-order valence-electron chi connectivity index (χ4n) is 3.75. The zero-order chi connectivity index (χ0) is 20.1. The van der Waals surface area contributed by atoms with E-state index in [0.29, 0.717) is 11.8 Å². The van der Waals surface area contributed by atoms with Gasteiger partial charge in [0.15, 0.2) is 0 Å². The van der Waals surface area contributed by atoms with Gasteiger partial charge in [0.05, 0.1) is 0 Å². The van der Waals surface area contributed by atoms with Gasteiger partial charge >= 0.3 is 0 Å². The molecule has 0 saturated heterocycles. The third kappa shape index (κ3) is 4.57. The summed E-state index contributed by atoms with van der Waals surface area (Å²) in [5, 5.41) is 3.52. The van der Waals surface area contributed by atoms with Crippen LogP contribution in [0.25, 0.3) is 0 Å². The fourth-order valence-corrected chi connectivity index (χ4v) is 3.75. The summed E-state index contributed by atoms with van der Waals surface area (Å²) >= 11 is 0. The topological polar surface area (TPSA) is 12.0 Å². The zero-order valence-electron chi connectivity index (χ0n) is 17.0. The summed E-state index contributed by atoms with van der Waals surface area (Å²) in [5.74, 6) is 0.785. The summed E-state index contributed by atoms with van der Waals surface area (Å²) < 4.78 is 0. The minimum absolute atomic E-state index is 0.393. The first-order valence-corrected chi connectivity index (χ1v) is 10.3. The van der Waals surface area contributed by atoms with Gasteiger partial charge in [-0.2, -0.15) is 0 Å². The van der Waals surface area contributed by atoms with E-state index in [4.69, 9.17) is 0 Å². The predicted octanol–water partition coefficient (Wildman–Crippen LogP) is 7.73. The van der Waals surface area contributed by atoms with Gasteiger partial charge in [-0.25, -0.2) is 0 Å². The third-order valence-electron chi connectivity index (χ3n) is 5.71. The lowest BCUT2D eigenvalue weighted by atomic mass is 9.93. The Hall–Kier alpha value is -3.32. The van der Waals surface area contributed by atoms with Gasteiger partial charge in [-0.1, -0.05) is 98.8 Å². The van der Waals surface area contributed by atoms with E-state index in [2.05, 4.69) is 128 Å². The molecule has 0 bridgehead atoms. The van der Waals surface area contributed by atoms with Gasteiger partial charge in [-0.15, -0.1) is 0 Å². The Balaban J connectivity index is 1.43. The van der Waals surface area contributed by atoms with Gasteiger partial charge in [-0.3, -0.25) is 0 Å². The maximum atomic E-state index is 3.52. The van der Waals surface area contributed by atoms with Gasteiger partial charge in [0.2, 0.25) is 0 Å². The highest BCUT2D eigenvalue weighted by atomic mass is 14.9. The minimum Gasteiger partial charge on any atom is -0.356 e. The summed E-state index contributed by atoms with van der Waals surface area (Å²) in [7, 11) is 0. The monoisotopic (exact) mass is 377 g/mol. The van der Waals surface area contributed by atoms with Crippen molar-refractivity contribution in [3.05, 3.63) is 131 Å². The maximum absolute atomic E-state index is 3.52. The number of anilines is 2. The maximum Gasteiger partial charge on any atom is 0.0384 e. The first-order valence-electron chi connectivity index (χ1n) is 10.3. The summed E-state index contributed by atoms with van der Waals surface area (Å²) in [6.45, 7) is 4.51. The highest BCUT2D eigenvalue weighted by molar-refractivity contribution is 5.60. The highest BCUT2D eigenvalue weighted by Crippen LogP contribution is 2.28. The largest absolute Gasteiger partial charge is 0.356 e. The number of benzene rings is 4. The zero-order valence-corrected chi connectivity index (χ0v) is 17.0. The smallest absolute Gasteiger partial charge is 0.0384 e. The Morgan fingerprint density at radius 1 is 0.414 bits per heavy atom. The second-order valence-electron chi connectivity index (χ2n) is 7.63.